The van der Waals surface area contributed by atoms with Crippen LogP contribution in [0.4, 0.5) is 0 Å². The second-order valence-corrected chi connectivity index (χ2v) is 5.34. The molecule has 4 atom stereocenters. The molecule has 9 nitrogen and oxygen atoms in total. The molecule has 22 heavy (non-hydrogen) atoms. The summed E-state index contributed by atoms with van der Waals surface area (Å²) in [5.74, 6) is -4.57. The third-order valence-corrected chi connectivity index (χ3v) is 4.10. The van der Waals surface area contributed by atoms with Gasteiger partial charge in [0.05, 0.1) is 21.3 Å². The van der Waals surface area contributed by atoms with E-state index in [0.29, 0.717) is 0 Å². The Labute approximate surface area is 126 Å². The quantitative estimate of drug-likeness (QED) is 0.511. The van der Waals surface area contributed by atoms with E-state index in [0.717, 1.165) is 21.3 Å². The monoisotopic (exact) mass is 318 g/mol. The minimum Gasteiger partial charge on any atom is -0.467 e. The number of carbonyl (C=O) groups excluding carboxylic acids is 3. The summed E-state index contributed by atoms with van der Waals surface area (Å²) in [6, 6.07) is 0. The highest BCUT2D eigenvalue weighted by atomic mass is 16.8. The van der Waals surface area contributed by atoms with Gasteiger partial charge in [-0.05, 0) is 13.3 Å². The van der Waals surface area contributed by atoms with Gasteiger partial charge in [0.2, 0.25) is 17.3 Å². The lowest BCUT2D eigenvalue weighted by Gasteiger charge is -2.44. The van der Waals surface area contributed by atoms with Crippen LogP contribution in [0.2, 0.25) is 0 Å². The Balaban J connectivity index is 2.65. The van der Waals surface area contributed by atoms with Gasteiger partial charge >= 0.3 is 17.9 Å². The summed E-state index contributed by atoms with van der Waals surface area (Å²) in [5, 5.41) is 10.8. The molecule has 2 fully saturated rings. The number of ether oxygens (including phenoxy) is 5. The molecule has 2 aliphatic rings. The fraction of sp³-hybridized carbons (Fsp3) is 0.769. The highest BCUT2D eigenvalue weighted by molar-refractivity contribution is 5.98. The maximum absolute atomic E-state index is 12.4. The number of rotatable bonds is 3. The molecule has 0 radical (unpaired) electrons. The lowest BCUT2D eigenvalue weighted by molar-refractivity contribution is -0.265. The number of carbonyl (C=O) groups is 3. The average molecular weight is 318 g/mol. The number of hydrogen-bond acceptors (Lipinski definition) is 9. The summed E-state index contributed by atoms with van der Waals surface area (Å²) in [4.78, 5) is 36.5. The van der Waals surface area contributed by atoms with Crippen molar-refractivity contribution in [2.45, 2.75) is 42.9 Å². The molecule has 0 unspecified atom stereocenters. The summed E-state index contributed by atoms with van der Waals surface area (Å²) >= 11 is 0. The van der Waals surface area contributed by atoms with E-state index in [2.05, 4.69) is 14.2 Å². The summed E-state index contributed by atoms with van der Waals surface area (Å²) in [6.07, 6.45) is -1.81. The Hall–Kier alpha value is -1.71. The third-order valence-electron chi connectivity index (χ3n) is 4.10. The van der Waals surface area contributed by atoms with Crippen molar-refractivity contribution in [2.24, 2.45) is 0 Å². The molecule has 2 bridgehead atoms. The first-order valence-electron chi connectivity index (χ1n) is 6.56. The van der Waals surface area contributed by atoms with E-state index in [4.69, 9.17) is 9.47 Å². The molecular weight excluding hydrogens is 300 g/mol. The zero-order valence-electron chi connectivity index (χ0n) is 12.7. The fourth-order valence-electron chi connectivity index (χ4n) is 2.97. The van der Waals surface area contributed by atoms with Gasteiger partial charge in [-0.2, -0.15) is 0 Å². The van der Waals surface area contributed by atoms with Gasteiger partial charge in [0.15, 0.2) is 5.79 Å². The minimum absolute atomic E-state index is 0.0604. The van der Waals surface area contributed by atoms with Gasteiger partial charge < -0.3 is 28.8 Å². The Morgan fingerprint density at radius 3 is 2.14 bits per heavy atom. The van der Waals surface area contributed by atoms with E-state index < -0.39 is 41.0 Å². The van der Waals surface area contributed by atoms with E-state index in [-0.39, 0.29) is 12.8 Å². The van der Waals surface area contributed by atoms with Crippen LogP contribution in [0.3, 0.4) is 0 Å². The predicted octanol–water partition coefficient (Wildman–Crippen LogP) is -1.10. The van der Waals surface area contributed by atoms with Gasteiger partial charge in [0.1, 0.15) is 0 Å². The van der Waals surface area contributed by atoms with Gasteiger partial charge in [-0.15, -0.1) is 0 Å². The van der Waals surface area contributed by atoms with Crippen molar-refractivity contribution in [1.82, 2.24) is 0 Å². The molecule has 0 aliphatic carbocycles. The van der Waals surface area contributed by atoms with Gasteiger partial charge in [0, 0.05) is 6.42 Å². The second-order valence-electron chi connectivity index (χ2n) is 5.34. The van der Waals surface area contributed by atoms with Crippen LogP contribution in [-0.4, -0.2) is 67.4 Å². The highest BCUT2D eigenvalue weighted by Gasteiger charge is 2.78. The molecule has 2 heterocycles. The van der Waals surface area contributed by atoms with Crippen molar-refractivity contribution in [3.8, 4) is 0 Å². The van der Waals surface area contributed by atoms with Crippen LogP contribution in [0, 0.1) is 0 Å². The molecule has 0 saturated carbocycles. The van der Waals surface area contributed by atoms with Crippen molar-refractivity contribution < 1.29 is 43.2 Å². The molecule has 9 heteroatoms. The Morgan fingerprint density at radius 2 is 1.64 bits per heavy atom. The summed E-state index contributed by atoms with van der Waals surface area (Å²) < 4.78 is 24.9. The van der Waals surface area contributed by atoms with Crippen LogP contribution < -0.4 is 0 Å². The lowest BCUT2D eigenvalue weighted by Crippen LogP contribution is -2.72. The molecule has 124 valence electrons. The van der Waals surface area contributed by atoms with E-state index in [1.165, 1.54) is 6.92 Å². The van der Waals surface area contributed by atoms with Gasteiger partial charge in [0.25, 0.3) is 0 Å². The normalized spacial score (nSPS) is 40.0. The molecule has 0 aromatic heterocycles. The standard InChI is InChI=1S/C13H18O9/c1-11-5-6-12(17,9(15)19-3)13(22-11,10(16)20-4)7(21-11)8(14)18-2/h7,17H,5-6H2,1-4H3/t7-,11+,12+,13-/m1/s1. The summed E-state index contributed by atoms with van der Waals surface area (Å²) in [5.41, 5.74) is -4.83. The van der Waals surface area contributed by atoms with Crippen molar-refractivity contribution in [1.29, 1.82) is 0 Å². The van der Waals surface area contributed by atoms with E-state index in [1.54, 1.807) is 0 Å². The fourth-order valence-corrected chi connectivity index (χ4v) is 2.97. The maximum Gasteiger partial charge on any atom is 0.345 e. The summed E-state index contributed by atoms with van der Waals surface area (Å²) in [6.45, 7) is 1.49. The largest absolute Gasteiger partial charge is 0.467 e. The Morgan fingerprint density at radius 1 is 1.05 bits per heavy atom. The highest BCUT2D eigenvalue weighted by Crippen LogP contribution is 2.53. The third kappa shape index (κ3) is 1.93. The molecule has 2 rings (SSSR count). The predicted molar refractivity (Wildman–Crippen MR) is 67.3 cm³/mol. The first-order chi connectivity index (χ1) is 10.2. The summed E-state index contributed by atoms with van der Waals surface area (Å²) in [7, 11) is 3.16. The number of aliphatic hydroxyl groups is 1. The van der Waals surface area contributed by atoms with Crippen LogP contribution in [-0.2, 0) is 38.1 Å². The van der Waals surface area contributed by atoms with E-state index >= 15 is 0 Å². The minimum atomic E-state index is -2.44. The van der Waals surface area contributed by atoms with Crippen LogP contribution in [0.1, 0.15) is 19.8 Å². The molecule has 0 aromatic rings. The average Bonchev–Trinajstić information content (AvgIpc) is 2.80. The zero-order valence-corrected chi connectivity index (χ0v) is 12.7. The van der Waals surface area contributed by atoms with Crippen LogP contribution in [0.25, 0.3) is 0 Å². The van der Waals surface area contributed by atoms with Crippen molar-refractivity contribution in [3.63, 3.8) is 0 Å². The smallest absolute Gasteiger partial charge is 0.345 e. The van der Waals surface area contributed by atoms with E-state index in [1.807, 2.05) is 0 Å². The van der Waals surface area contributed by atoms with Crippen molar-refractivity contribution >= 4 is 17.9 Å². The molecule has 0 spiro atoms. The maximum atomic E-state index is 12.4. The number of hydrogen-bond donors (Lipinski definition) is 1. The Bertz CT molecular complexity index is 518. The molecule has 0 amide bonds. The van der Waals surface area contributed by atoms with Crippen LogP contribution in [0.15, 0.2) is 0 Å². The number of fused-ring (bicyclic) bond motifs is 2. The van der Waals surface area contributed by atoms with Gasteiger partial charge in [-0.25, -0.2) is 14.4 Å². The first-order valence-corrected chi connectivity index (χ1v) is 6.56. The molecule has 2 aliphatic heterocycles. The Kier molecular flexibility index (Phi) is 3.92. The SMILES string of the molecule is COC(=O)[C@H]1O[C@]2(C)CC[C@](O)(C(=O)OC)[C@@]1(C(=O)OC)O2. The molecule has 2 saturated heterocycles. The van der Waals surface area contributed by atoms with Crippen LogP contribution >= 0.6 is 0 Å². The van der Waals surface area contributed by atoms with Crippen molar-refractivity contribution in [2.75, 3.05) is 21.3 Å². The molecule has 1 N–H and O–H groups in total. The number of methoxy groups -OCH3 is 3. The molecular formula is C13H18O9. The lowest BCUT2D eigenvalue weighted by atomic mass is 9.73. The van der Waals surface area contributed by atoms with Crippen molar-refractivity contribution in [3.05, 3.63) is 0 Å². The van der Waals surface area contributed by atoms with Gasteiger partial charge in [-0.3, -0.25) is 0 Å². The first kappa shape index (κ1) is 16.7. The molecule has 0 aromatic carbocycles. The topological polar surface area (TPSA) is 118 Å². The second kappa shape index (κ2) is 5.18. The van der Waals surface area contributed by atoms with Crippen LogP contribution in [0.5, 0.6) is 0 Å². The zero-order chi connectivity index (χ0) is 16.8. The number of esters is 3. The van der Waals surface area contributed by atoms with E-state index in [9.17, 15) is 19.5 Å². The van der Waals surface area contributed by atoms with Gasteiger partial charge in [-0.1, -0.05) is 0 Å².